The predicted molar refractivity (Wildman–Crippen MR) is 104 cm³/mol. The lowest BCUT2D eigenvalue weighted by Gasteiger charge is -2.28. The highest BCUT2D eigenvalue weighted by Crippen LogP contribution is 2.60. The average molecular weight is 428 g/mol. The third-order valence-corrected chi connectivity index (χ3v) is 6.34. The summed E-state index contributed by atoms with van der Waals surface area (Å²) in [4.78, 5) is 0. The molecule has 0 spiro atoms. The normalized spacial score (nSPS) is 12.6. The summed E-state index contributed by atoms with van der Waals surface area (Å²) in [5.41, 5.74) is 1.62. The maximum absolute atomic E-state index is 13.4. The standard InChI is InChI=1S/C18H23BrNO4P/c1-4-23-25(21,24-5-2)18(14-6-12-17(22-3)13-7-14)20-16-10-8-15(19)9-11-16/h6-13,18,20H,4-5H2,1-3H3/t18-/m1/s1. The van der Waals surface area contributed by atoms with E-state index in [2.05, 4.69) is 21.2 Å². The van der Waals surface area contributed by atoms with Crippen molar-refractivity contribution in [3.63, 3.8) is 0 Å². The summed E-state index contributed by atoms with van der Waals surface area (Å²) in [5.74, 6) is 0.105. The van der Waals surface area contributed by atoms with Crippen LogP contribution in [0.3, 0.4) is 0 Å². The smallest absolute Gasteiger partial charge is 0.357 e. The quantitative estimate of drug-likeness (QED) is 0.509. The molecule has 0 aromatic heterocycles. The van der Waals surface area contributed by atoms with Crippen molar-refractivity contribution in [1.29, 1.82) is 0 Å². The van der Waals surface area contributed by atoms with E-state index in [-0.39, 0.29) is 0 Å². The molecule has 0 bridgehead atoms. The monoisotopic (exact) mass is 427 g/mol. The van der Waals surface area contributed by atoms with Crippen LogP contribution in [0, 0.1) is 0 Å². The Labute approximate surface area is 157 Å². The van der Waals surface area contributed by atoms with Crippen LogP contribution in [0.4, 0.5) is 5.69 Å². The Morgan fingerprint density at radius 2 is 1.56 bits per heavy atom. The molecule has 0 radical (unpaired) electrons. The van der Waals surface area contributed by atoms with Gasteiger partial charge in [-0.05, 0) is 55.8 Å². The van der Waals surface area contributed by atoms with Gasteiger partial charge in [0.25, 0.3) is 0 Å². The highest BCUT2D eigenvalue weighted by Gasteiger charge is 2.37. The van der Waals surface area contributed by atoms with Crippen molar-refractivity contribution >= 4 is 29.2 Å². The molecule has 2 rings (SSSR count). The molecule has 2 aromatic rings. The fourth-order valence-corrected chi connectivity index (χ4v) is 4.58. The van der Waals surface area contributed by atoms with Crippen LogP contribution in [0.5, 0.6) is 5.75 Å². The molecule has 0 saturated heterocycles. The first-order valence-electron chi connectivity index (χ1n) is 8.07. The average Bonchev–Trinajstić information content (AvgIpc) is 2.62. The first-order chi connectivity index (χ1) is 12.0. The van der Waals surface area contributed by atoms with Crippen molar-refractivity contribution in [1.82, 2.24) is 0 Å². The molecule has 1 N–H and O–H groups in total. The number of nitrogens with one attached hydrogen (secondary N) is 1. The number of rotatable bonds is 9. The minimum absolute atomic E-state index is 0.298. The van der Waals surface area contributed by atoms with Gasteiger partial charge in [0.2, 0.25) is 0 Å². The predicted octanol–water partition coefficient (Wildman–Crippen LogP) is 5.83. The highest BCUT2D eigenvalue weighted by atomic mass is 79.9. The number of hydrogen-bond donors (Lipinski definition) is 1. The Morgan fingerprint density at radius 3 is 2.04 bits per heavy atom. The second kappa shape index (κ2) is 9.39. The lowest BCUT2D eigenvalue weighted by Crippen LogP contribution is -2.15. The lowest BCUT2D eigenvalue weighted by atomic mass is 10.2. The molecule has 0 amide bonds. The number of anilines is 1. The Hall–Kier alpha value is -1.33. The van der Waals surface area contributed by atoms with Gasteiger partial charge in [0.15, 0.2) is 5.78 Å². The molecule has 25 heavy (non-hydrogen) atoms. The second-order valence-electron chi connectivity index (χ2n) is 5.20. The Bertz CT molecular complexity index is 696. The SMILES string of the molecule is CCOP(=O)(OCC)[C@@H](Nc1ccc(Br)cc1)c1ccc(OC)cc1. The molecule has 0 aliphatic heterocycles. The zero-order chi connectivity index (χ0) is 18.3. The maximum Gasteiger partial charge on any atom is 0.357 e. The minimum atomic E-state index is -3.42. The van der Waals surface area contributed by atoms with Crippen molar-refractivity contribution < 1.29 is 18.3 Å². The first kappa shape index (κ1) is 20.0. The molecular weight excluding hydrogens is 405 g/mol. The van der Waals surface area contributed by atoms with Gasteiger partial charge in [-0.25, -0.2) is 0 Å². The van der Waals surface area contributed by atoms with Gasteiger partial charge >= 0.3 is 7.60 Å². The maximum atomic E-state index is 13.4. The van der Waals surface area contributed by atoms with Crippen molar-refractivity contribution in [3.8, 4) is 5.75 Å². The summed E-state index contributed by atoms with van der Waals surface area (Å²) in [6.45, 7) is 4.20. The van der Waals surface area contributed by atoms with Gasteiger partial charge in [0.05, 0.1) is 20.3 Å². The van der Waals surface area contributed by atoms with E-state index in [0.29, 0.717) is 13.2 Å². The third kappa shape index (κ3) is 5.32. The van der Waals surface area contributed by atoms with Crippen LogP contribution < -0.4 is 10.1 Å². The molecule has 0 saturated carbocycles. The Kier molecular flexibility index (Phi) is 7.51. The van der Waals surface area contributed by atoms with Crippen LogP contribution in [0.15, 0.2) is 53.0 Å². The van der Waals surface area contributed by atoms with E-state index in [4.69, 9.17) is 13.8 Å². The van der Waals surface area contributed by atoms with E-state index in [1.807, 2.05) is 48.5 Å². The molecule has 136 valence electrons. The van der Waals surface area contributed by atoms with Crippen LogP contribution in [0.2, 0.25) is 0 Å². The van der Waals surface area contributed by atoms with Crippen LogP contribution in [0.25, 0.3) is 0 Å². The van der Waals surface area contributed by atoms with E-state index in [1.54, 1.807) is 21.0 Å². The number of halogens is 1. The summed E-state index contributed by atoms with van der Waals surface area (Å²) in [7, 11) is -1.81. The number of hydrogen-bond acceptors (Lipinski definition) is 5. The molecule has 7 heteroatoms. The van der Waals surface area contributed by atoms with E-state index >= 15 is 0 Å². The van der Waals surface area contributed by atoms with Crippen molar-refractivity contribution in [2.45, 2.75) is 19.6 Å². The topological polar surface area (TPSA) is 56.8 Å². The molecule has 0 aliphatic rings. The fraction of sp³-hybridized carbons (Fsp3) is 0.333. The molecule has 1 atom stereocenters. The van der Waals surface area contributed by atoms with Gasteiger partial charge in [-0.15, -0.1) is 0 Å². The van der Waals surface area contributed by atoms with Crippen molar-refractivity contribution in [2.24, 2.45) is 0 Å². The number of methoxy groups -OCH3 is 1. The Morgan fingerprint density at radius 1 is 1.00 bits per heavy atom. The zero-order valence-corrected chi connectivity index (χ0v) is 17.0. The van der Waals surface area contributed by atoms with Crippen LogP contribution in [0.1, 0.15) is 25.2 Å². The van der Waals surface area contributed by atoms with E-state index in [9.17, 15) is 4.57 Å². The van der Waals surface area contributed by atoms with Gasteiger partial charge in [-0.3, -0.25) is 4.57 Å². The number of benzene rings is 2. The van der Waals surface area contributed by atoms with Crippen molar-refractivity contribution in [2.75, 3.05) is 25.6 Å². The molecule has 2 aromatic carbocycles. The molecule has 0 aliphatic carbocycles. The Balaban J connectivity index is 2.41. The molecule has 0 fully saturated rings. The molecular formula is C18H23BrNO4P. The first-order valence-corrected chi connectivity index (χ1v) is 10.5. The van der Waals surface area contributed by atoms with Crippen molar-refractivity contribution in [3.05, 3.63) is 58.6 Å². The van der Waals surface area contributed by atoms with E-state index in [1.165, 1.54) is 0 Å². The van der Waals surface area contributed by atoms with E-state index < -0.39 is 13.4 Å². The van der Waals surface area contributed by atoms with Crippen LogP contribution >= 0.6 is 23.5 Å². The minimum Gasteiger partial charge on any atom is -0.497 e. The van der Waals surface area contributed by atoms with Gasteiger partial charge in [-0.2, -0.15) is 0 Å². The van der Waals surface area contributed by atoms with Crippen LogP contribution in [-0.2, 0) is 13.6 Å². The largest absolute Gasteiger partial charge is 0.497 e. The van der Waals surface area contributed by atoms with Gasteiger partial charge < -0.3 is 19.1 Å². The van der Waals surface area contributed by atoms with Gasteiger partial charge in [0.1, 0.15) is 5.75 Å². The highest BCUT2D eigenvalue weighted by molar-refractivity contribution is 9.10. The lowest BCUT2D eigenvalue weighted by molar-refractivity contribution is 0.214. The summed E-state index contributed by atoms with van der Waals surface area (Å²) in [6, 6.07) is 15.0. The van der Waals surface area contributed by atoms with Crippen LogP contribution in [-0.4, -0.2) is 20.3 Å². The van der Waals surface area contributed by atoms with E-state index in [0.717, 1.165) is 21.5 Å². The molecule has 0 unspecified atom stereocenters. The third-order valence-electron chi connectivity index (χ3n) is 3.51. The summed E-state index contributed by atoms with van der Waals surface area (Å²) in [5, 5.41) is 3.30. The van der Waals surface area contributed by atoms with Gasteiger partial charge in [0, 0.05) is 10.2 Å². The molecule has 0 heterocycles. The summed E-state index contributed by atoms with van der Waals surface area (Å²) >= 11 is 3.42. The zero-order valence-electron chi connectivity index (χ0n) is 14.6. The second-order valence-corrected chi connectivity index (χ2v) is 8.23. The summed E-state index contributed by atoms with van der Waals surface area (Å²) < 4.78 is 30.7. The van der Waals surface area contributed by atoms with Gasteiger partial charge in [-0.1, -0.05) is 28.1 Å². The fourth-order valence-electron chi connectivity index (χ4n) is 2.38. The summed E-state index contributed by atoms with van der Waals surface area (Å²) in [6.07, 6.45) is 0. The number of ether oxygens (including phenoxy) is 1. The molecule has 5 nitrogen and oxygen atoms in total.